The van der Waals surface area contributed by atoms with Gasteiger partial charge in [-0.25, -0.2) is 0 Å². The third-order valence-electron chi connectivity index (χ3n) is 0.390. The molecule has 0 rings (SSSR count). The summed E-state index contributed by atoms with van der Waals surface area (Å²) in [4.78, 5) is 18.6. The van der Waals surface area contributed by atoms with E-state index in [1.165, 1.54) is 6.92 Å². The summed E-state index contributed by atoms with van der Waals surface area (Å²) < 4.78 is 0. The van der Waals surface area contributed by atoms with Crippen LogP contribution >= 0.6 is 0 Å². The zero-order valence-corrected chi connectivity index (χ0v) is 5.87. The van der Waals surface area contributed by atoms with E-state index in [2.05, 4.69) is 0 Å². The number of carboxylic acid groups (broad SMARTS) is 2. The van der Waals surface area contributed by atoms with Crippen molar-refractivity contribution < 1.29 is 19.8 Å². The van der Waals surface area contributed by atoms with Gasteiger partial charge < -0.3 is 15.9 Å². The maximum atomic E-state index is 9.57. The van der Waals surface area contributed by atoms with Crippen molar-refractivity contribution >= 4 is 11.9 Å². The second-order valence-electron chi connectivity index (χ2n) is 1.65. The van der Waals surface area contributed by atoms with Gasteiger partial charge in [0.2, 0.25) is 0 Å². The highest BCUT2D eigenvalue weighted by atomic mass is 16.4. The molecule has 0 aromatic rings. The number of rotatable bonds is 1. The maximum absolute atomic E-state index is 9.57. The molecule has 0 heterocycles. The smallest absolute Gasteiger partial charge is 0.320 e. The predicted molar refractivity (Wildman–Crippen MR) is 34.6 cm³/mol. The lowest BCUT2D eigenvalue weighted by molar-refractivity contribution is -0.138. The Morgan fingerprint density at radius 1 is 1.40 bits per heavy atom. The first kappa shape index (κ1) is 11.7. The van der Waals surface area contributed by atoms with Gasteiger partial charge >= 0.3 is 5.97 Å². The highest BCUT2D eigenvalue weighted by Gasteiger charge is 1.99. The van der Waals surface area contributed by atoms with Gasteiger partial charge in [-0.3, -0.25) is 9.59 Å². The van der Waals surface area contributed by atoms with E-state index in [0.29, 0.717) is 0 Å². The van der Waals surface area contributed by atoms with Crippen molar-refractivity contribution in [2.45, 2.75) is 19.9 Å². The van der Waals surface area contributed by atoms with Gasteiger partial charge in [-0.1, -0.05) is 0 Å². The molecule has 60 valence electrons. The van der Waals surface area contributed by atoms with E-state index in [4.69, 9.17) is 20.7 Å². The van der Waals surface area contributed by atoms with Gasteiger partial charge in [-0.05, 0) is 6.92 Å². The monoisotopic (exact) mass is 149 g/mol. The molecule has 0 aliphatic rings. The first-order valence-corrected chi connectivity index (χ1v) is 2.55. The first-order chi connectivity index (χ1) is 4.37. The van der Waals surface area contributed by atoms with Crippen LogP contribution in [0, 0.1) is 0 Å². The third-order valence-corrected chi connectivity index (χ3v) is 0.390. The minimum absolute atomic E-state index is 0.731. The molecule has 0 spiro atoms. The number of carboxylic acids is 2. The Kier molecular flexibility index (Phi) is 7.03. The Morgan fingerprint density at radius 2 is 1.50 bits per heavy atom. The van der Waals surface area contributed by atoms with Crippen LogP contribution in [0.15, 0.2) is 0 Å². The Labute approximate surface area is 58.5 Å². The van der Waals surface area contributed by atoms with Crippen LogP contribution in [0.3, 0.4) is 0 Å². The summed E-state index contributed by atoms with van der Waals surface area (Å²) in [7, 11) is 0. The average molecular weight is 149 g/mol. The Balaban J connectivity index is 0. The van der Waals surface area contributed by atoms with E-state index < -0.39 is 18.0 Å². The molecule has 0 aromatic heterocycles. The zero-order valence-electron chi connectivity index (χ0n) is 5.87. The quantitative estimate of drug-likeness (QED) is 0.467. The fraction of sp³-hybridized carbons (Fsp3) is 0.600. The van der Waals surface area contributed by atoms with Gasteiger partial charge in [0.15, 0.2) is 0 Å². The van der Waals surface area contributed by atoms with E-state index in [0.717, 1.165) is 6.92 Å². The Morgan fingerprint density at radius 3 is 1.50 bits per heavy atom. The molecule has 0 aliphatic carbocycles. The van der Waals surface area contributed by atoms with Gasteiger partial charge in [-0.15, -0.1) is 0 Å². The topological polar surface area (TPSA) is 101 Å². The van der Waals surface area contributed by atoms with Crippen LogP contribution in [-0.2, 0) is 9.59 Å². The fourth-order valence-electron chi connectivity index (χ4n) is 0. The van der Waals surface area contributed by atoms with Crippen LogP contribution in [0.25, 0.3) is 0 Å². The van der Waals surface area contributed by atoms with Crippen molar-refractivity contribution in [2.75, 3.05) is 0 Å². The molecule has 0 radical (unpaired) electrons. The molecule has 0 saturated heterocycles. The van der Waals surface area contributed by atoms with Crippen LogP contribution in [0.2, 0.25) is 0 Å². The lowest BCUT2D eigenvalue weighted by atomic mass is 10.4. The highest BCUT2D eigenvalue weighted by molar-refractivity contribution is 5.72. The van der Waals surface area contributed by atoms with E-state index in [9.17, 15) is 4.79 Å². The molecule has 5 nitrogen and oxygen atoms in total. The van der Waals surface area contributed by atoms with Gasteiger partial charge in [0, 0.05) is 6.92 Å². The Hall–Kier alpha value is -1.10. The van der Waals surface area contributed by atoms with Crippen molar-refractivity contribution in [3.05, 3.63) is 0 Å². The van der Waals surface area contributed by atoms with Crippen LogP contribution < -0.4 is 5.73 Å². The highest BCUT2D eigenvalue weighted by Crippen LogP contribution is 1.68. The summed E-state index contributed by atoms with van der Waals surface area (Å²) in [6.45, 7) is 2.50. The van der Waals surface area contributed by atoms with Crippen LogP contribution in [0.1, 0.15) is 13.8 Å². The molecule has 0 aromatic carbocycles. The van der Waals surface area contributed by atoms with Crippen LogP contribution in [0.4, 0.5) is 0 Å². The van der Waals surface area contributed by atoms with Crippen molar-refractivity contribution in [1.82, 2.24) is 0 Å². The first-order valence-electron chi connectivity index (χ1n) is 2.55. The van der Waals surface area contributed by atoms with E-state index in [-0.39, 0.29) is 0 Å². The maximum Gasteiger partial charge on any atom is 0.320 e. The minimum Gasteiger partial charge on any atom is -0.481 e. The van der Waals surface area contributed by atoms with Crippen molar-refractivity contribution in [2.24, 2.45) is 5.73 Å². The summed E-state index contributed by atoms with van der Waals surface area (Å²) in [6, 6.07) is -0.731. The number of hydrogen-bond acceptors (Lipinski definition) is 3. The Bertz CT molecular complexity index is 117. The van der Waals surface area contributed by atoms with Crippen molar-refractivity contribution in [1.29, 1.82) is 0 Å². The van der Waals surface area contributed by atoms with Crippen molar-refractivity contribution in [3.8, 4) is 0 Å². The summed E-state index contributed by atoms with van der Waals surface area (Å²) in [5.41, 5.74) is 4.84. The molecular weight excluding hydrogens is 138 g/mol. The fourth-order valence-corrected chi connectivity index (χ4v) is 0. The normalized spacial score (nSPS) is 10.7. The lowest BCUT2D eigenvalue weighted by Crippen LogP contribution is -2.25. The van der Waals surface area contributed by atoms with Gasteiger partial charge in [0.05, 0.1) is 0 Å². The summed E-state index contributed by atoms with van der Waals surface area (Å²) >= 11 is 0. The lowest BCUT2D eigenvalue weighted by Gasteiger charge is -1.90. The second-order valence-corrected chi connectivity index (χ2v) is 1.65. The third kappa shape index (κ3) is 28.6. The molecule has 10 heavy (non-hydrogen) atoms. The van der Waals surface area contributed by atoms with Crippen LogP contribution in [0.5, 0.6) is 0 Å². The average Bonchev–Trinajstić information content (AvgIpc) is 1.63. The van der Waals surface area contributed by atoms with Crippen molar-refractivity contribution in [3.63, 3.8) is 0 Å². The molecule has 0 fully saturated rings. The van der Waals surface area contributed by atoms with E-state index >= 15 is 0 Å². The molecule has 0 bridgehead atoms. The number of hydrogen-bond donors (Lipinski definition) is 3. The standard InChI is InChI=1S/C3H7NO2.C2H4O2/c1-2(4)3(5)6;1-2(3)4/h2H,4H2,1H3,(H,5,6);1H3,(H,3,4). The number of carbonyl (C=O) groups is 2. The molecule has 4 N–H and O–H groups in total. The predicted octanol–water partition coefficient (Wildman–Crippen LogP) is -0.491. The molecule has 0 amide bonds. The van der Waals surface area contributed by atoms with Gasteiger partial charge in [-0.2, -0.15) is 0 Å². The van der Waals surface area contributed by atoms with E-state index in [1.54, 1.807) is 0 Å². The molecule has 1 atom stereocenters. The molecule has 1 unspecified atom stereocenters. The zero-order chi connectivity index (χ0) is 8.73. The van der Waals surface area contributed by atoms with Gasteiger partial charge in [0.1, 0.15) is 6.04 Å². The minimum atomic E-state index is -0.963. The summed E-state index contributed by atoms with van der Waals surface area (Å²) in [6.07, 6.45) is 0. The molecule has 0 saturated carbocycles. The summed E-state index contributed by atoms with van der Waals surface area (Å²) in [5, 5.41) is 15.3. The molecule has 0 aliphatic heterocycles. The largest absolute Gasteiger partial charge is 0.481 e. The number of aliphatic carboxylic acids is 2. The number of nitrogens with two attached hydrogens (primary N) is 1. The molecular formula is C5H11NO4. The summed E-state index contributed by atoms with van der Waals surface area (Å²) in [5.74, 6) is -1.80. The van der Waals surface area contributed by atoms with Crippen LogP contribution in [-0.4, -0.2) is 28.2 Å². The van der Waals surface area contributed by atoms with Gasteiger partial charge in [0.25, 0.3) is 5.97 Å². The second kappa shape index (κ2) is 6.03. The SMILES string of the molecule is CC(=O)O.CC(N)C(=O)O. The van der Waals surface area contributed by atoms with E-state index in [1.807, 2.05) is 0 Å². The molecule has 5 heteroatoms.